The lowest BCUT2D eigenvalue weighted by molar-refractivity contribution is -0.131. The molecule has 0 aromatic rings. The Morgan fingerprint density at radius 1 is 1.19 bits per heavy atom. The van der Waals surface area contributed by atoms with Crippen molar-refractivity contribution in [2.45, 2.75) is 47.5 Å². The Hall–Kier alpha value is -0.570. The van der Waals surface area contributed by atoms with Gasteiger partial charge in [0.25, 0.3) is 0 Å². The zero-order valence-electron chi connectivity index (χ0n) is 11.8. The van der Waals surface area contributed by atoms with Crippen LogP contribution in [0.25, 0.3) is 0 Å². The third kappa shape index (κ3) is 6.83. The van der Waals surface area contributed by atoms with Gasteiger partial charge in [-0.15, -0.1) is 0 Å². The minimum atomic E-state index is 0.00609. The van der Waals surface area contributed by atoms with Gasteiger partial charge in [0.2, 0.25) is 5.91 Å². The monoisotopic (exact) mass is 228 g/mol. The summed E-state index contributed by atoms with van der Waals surface area (Å²) < 4.78 is 0. The second-order valence-electron chi connectivity index (χ2n) is 6.68. The van der Waals surface area contributed by atoms with Gasteiger partial charge in [-0.2, -0.15) is 0 Å². The Morgan fingerprint density at radius 3 is 2.06 bits per heavy atom. The molecule has 0 aromatic heterocycles. The van der Waals surface area contributed by atoms with Crippen LogP contribution < -0.4 is 5.73 Å². The summed E-state index contributed by atoms with van der Waals surface area (Å²) in [6, 6.07) is 0. The third-order valence-corrected chi connectivity index (χ3v) is 2.73. The summed E-state index contributed by atoms with van der Waals surface area (Å²) in [6.07, 6.45) is 1.56. The van der Waals surface area contributed by atoms with Crippen molar-refractivity contribution in [1.29, 1.82) is 0 Å². The molecule has 0 rings (SSSR count). The Morgan fingerprint density at radius 2 is 1.69 bits per heavy atom. The number of carbonyl (C=O) groups excluding carboxylic acids is 1. The van der Waals surface area contributed by atoms with Crippen LogP contribution in [0.3, 0.4) is 0 Å². The molecule has 16 heavy (non-hydrogen) atoms. The van der Waals surface area contributed by atoms with Gasteiger partial charge in [0.05, 0.1) is 0 Å². The maximum Gasteiger partial charge on any atom is 0.222 e. The fraction of sp³-hybridized carbons (Fsp3) is 0.923. The largest absolute Gasteiger partial charge is 0.345 e. The Bertz CT molecular complexity index is 229. The van der Waals surface area contributed by atoms with Gasteiger partial charge in [0.1, 0.15) is 0 Å². The highest BCUT2D eigenvalue weighted by Gasteiger charge is 2.22. The van der Waals surface area contributed by atoms with Crippen molar-refractivity contribution in [2.24, 2.45) is 16.6 Å². The first-order valence-electron chi connectivity index (χ1n) is 6.01. The van der Waals surface area contributed by atoms with Gasteiger partial charge >= 0.3 is 0 Å². The Balaban J connectivity index is 4.10. The van der Waals surface area contributed by atoms with E-state index in [0.717, 1.165) is 13.0 Å². The predicted molar refractivity (Wildman–Crippen MR) is 69.2 cm³/mol. The molecule has 1 amide bonds. The summed E-state index contributed by atoms with van der Waals surface area (Å²) in [5, 5.41) is 0. The van der Waals surface area contributed by atoms with Crippen LogP contribution in [0.2, 0.25) is 0 Å². The second-order valence-corrected chi connectivity index (χ2v) is 6.68. The van der Waals surface area contributed by atoms with Gasteiger partial charge in [-0.1, -0.05) is 34.6 Å². The fourth-order valence-electron chi connectivity index (χ4n) is 1.47. The zero-order valence-corrected chi connectivity index (χ0v) is 11.8. The summed E-state index contributed by atoms with van der Waals surface area (Å²) >= 11 is 0. The molecule has 3 nitrogen and oxygen atoms in total. The molecule has 0 atom stereocenters. The number of hydrogen-bond acceptors (Lipinski definition) is 2. The number of rotatable bonds is 5. The summed E-state index contributed by atoms with van der Waals surface area (Å²) in [5.41, 5.74) is 5.89. The van der Waals surface area contributed by atoms with Crippen LogP contribution in [-0.2, 0) is 4.79 Å². The van der Waals surface area contributed by atoms with E-state index >= 15 is 0 Å². The van der Waals surface area contributed by atoms with E-state index in [9.17, 15) is 4.79 Å². The van der Waals surface area contributed by atoms with Crippen molar-refractivity contribution in [3.63, 3.8) is 0 Å². The normalized spacial score (nSPS) is 12.7. The maximum atomic E-state index is 11.9. The highest BCUT2D eigenvalue weighted by molar-refractivity contribution is 5.75. The number of nitrogens with two attached hydrogens (primary N) is 1. The third-order valence-electron chi connectivity index (χ3n) is 2.73. The van der Waals surface area contributed by atoms with Gasteiger partial charge in [0, 0.05) is 20.0 Å². The topological polar surface area (TPSA) is 46.3 Å². The molecule has 0 aliphatic heterocycles. The quantitative estimate of drug-likeness (QED) is 0.784. The molecule has 0 aromatic carbocycles. The molecule has 0 fully saturated rings. The Kier molecular flexibility index (Phi) is 5.47. The van der Waals surface area contributed by atoms with Crippen LogP contribution in [0.1, 0.15) is 47.5 Å². The van der Waals surface area contributed by atoms with Gasteiger partial charge in [-0.25, -0.2) is 0 Å². The molecule has 0 heterocycles. The van der Waals surface area contributed by atoms with E-state index in [4.69, 9.17) is 5.73 Å². The van der Waals surface area contributed by atoms with Crippen molar-refractivity contribution in [1.82, 2.24) is 4.90 Å². The van der Waals surface area contributed by atoms with Crippen molar-refractivity contribution in [3.05, 3.63) is 0 Å². The first-order valence-corrected chi connectivity index (χ1v) is 6.01. The van der Waals surface area contributed by atoms with E-state index < -0.39 is 0 Å². The molecule has 0 spiro atoms. The number of hydrogen-bond donors (Lipinski definition) is 1. The first-order chi connectivity index (χ1) is 7.07. The molecule has 0 saturated carbocycles. The van der Waals surface area contributed by atoms with E-state index in [1.54, 1.807) is 4.90 Å². The number of carbonyl (C=O) groups is 1. The lowest BCUT2D eigenvalue weighted by atomic mass is 9.90. The van der Waals surface area contributed by atoms with Crippen molar-refractivity contribution in [2.75, 3.05) is 20.1 Å². The van der Waals surface area contributed by atoms with E-state index in [0.29, 0.717) is 13.0 Å². The molecule has 0 unspecified atom stereocenters. The van der Waals surface area contributed by atoms with Crippen LogP contribution in [0, 0.1) is 10.8 Å². The van der Waals surface area contributed by atoms with Crippen molar-refractivity contribution in [3.8, 4) is 0 Å². The van der Waals surface area contributed by atoms with Crippen molar-refractivity contribution < 1.29 is 4.79 Å². The Labute approximate surface area is 100 Å². The van der Waals surface area contributed by atoms with E-state index in [1.165, 1.54) is 0 Å². The average Bonchev–Trinajstić information content (AvgIpc) is 2.12. The summed E-state index contributed by atoms with van der Waals surface area (Å²) in [6.45, 7) is 12.0. The molecule has 0 bridgehead atoms. The lowest BCUT2D eigenvalue weighted by Gasteiger charge is -2.29. The summed E-state index contributed by atoms with van der Waals surface area (Å²) in [7, 11) is 1.86. The van der Waals surface area contributed by atoms with Crippen molar-refractivity contribution >= 4 is 5.91 Å². The molecule has 3 heteroatoms. The second kappa shape index (κ2) is 5.67. The molecule has 0 aliphatic rings. The van der Waals surface area contributed by atoms with Crippen LogP contribution in [0.4, 0.5) is 0 Å². The highest BCUT2D eigenvalue weighted by Crippen LogP contribution is 2.21. The molecule has 0 radical (unpaired) electrons. The van der Waals surface area contributed by atoms with Gasteiger partial charge < -0.3 is 10.6 Å². The maximum absolute atomic E-state index is 11.9. The van der Waals surface area contributed by atoms with Crippen LogP contribution in [0.5, 0.6) is 0 Å². The van der Waals surface area contributed by atoms with E-state index in [-0.39, 0.29) is 16.7 Å². The molecule has 96 valence electrons. The first kappa shape index (κ1) is 15.4. The summed E-state index contributed by atoms with van der Waals surface area (Å²) in [4.78, 5) is 13.7. The van der Waals surface area contributed by atoms with Crippen LogP contribution in [0.15, 0.2) is 0 Å². The van der Waals surface area contributed by atoms with Crippen LogP contribution >= 0.6 is 0 Å². The smallest absolute Gasteiger partial charge is 0.222 e. The number of amides is 1. The van der Waals surface area contributed by atoms with Crippen LogP contribution in [-0.4, -0.2) is 30.9 Å². The molecule has 0 aliphatic carbocycles. The molecular formula is C13H28N2O. The lowest BCUT2D eigenvalue weighted by Crippen LogP contribution is -2.39. The van der Waals surface area contributed by atoms with Gasteiger partial charge in [-0.05, 0) is 23.8 Å². The van der Waals surface area contributed by atoms with Gasteiger partial charge in [0.15, 0.2) is 0 Å². The minimum Gasteiger partial charge on any atom is -0.345 e. The zero-order chi connectivity index (χ0) is 13.0. The minimum absolute atomic E-state index is 0.00609. The molecule has 2 N–H and O–H groups in total. The fourth-order valence-corrected chi connectivity index (χ4v) is 1.47. The SMILES string of the molecule is CN(CC(C)(C)CN)C(=O)CCC(C)(C)C. The standard InChI is InChI=1S/C13H28N2O/c1-12(2,3)8-7-11(16)15(6)10-13(4,5)9-14/h7-10,14H2,1-6H3. The summed E-state index contributed by atoms with van der Waals surface area (Å²) in [5.74, 6) is 0.219. The van der Waals surface area contributed by atoms with E-state index in [2.05, 4.69) is 34.6 Å². The average molecular weight is 228 g/mol. The number of nitrogens with zero attached hydrogens (tertiary/aromatic N) is 1. The van der Waals surface area contributed by atoms with E-state index in [1.807, 2.05) is 7.05 Å². The molecular weight excluding hydrogens is 200 g/mol. The molecule has 0 saturated heterocycles. The highest BCUT2D eigenvalue weighted by atomic mass is 16.2. The predicted octanol–water partition coefficient (Wildman–Crippen LogP) is 2.26. The van der Waals surface area contributed by atoms with Gasteiger partial charge in [-0.3, -0.25) is 4.79 Å².